The fraction of sp³-hybridized carbons (Fsp3) is 0.312. The number of aromatic nitrogens is 1. The predicted molar refractivity (Wildman–Crippen MR) is 79.4 cm³/mol. The van der Waals surface area contributed by atoms with Crippen molar-refractivity contribution >= 4 is 11.8 Å². The Morgan fingerprint density at radius 2 is 1.79 bits per heavy atom. The zero-order valence-corrected chi connectivity index (χ0v) is 12.4. The number of aliphatic hydroxyl groups excluding tert-OH is 1. The van der Waals surface area contributed by atoms with Gasteiger partial charge >= 0.3 is 0 Å². The van der Waals surface area contributed by atoms with Crippen molar-refractivity contribution in [2.24, 2.45) is 0 Å². The number of hydrogen-bond acceptors (Lipinski definition) is 3. The average Bonchev–Trinajstić information content (AvgIpc) is 2.39. The highest BCUT2D eigenvalue weighted by Gasteiger charge is 2.13. The first-order valence-corrected chi connectivity index (χ1v) is 7.15. The quantitative estimate of drug-likeness (QED) is 0.916. The predicted octanol–water partition coefficient (Wildman–Crippen LogP) is 4.02. The second-order valence-corrected chi connectivity index (χ2v) is 6.56. The molecule has 0 bridgehead atoms. The first-order valence-electron chi connectivity index (χ1n) is 6.34. The normalized spacial score (nSPS) is 11.6. The van der Waals surface area contributed by atoms with E-state index in [1.54, 1.807) is 18.0 Å². The molecule has 1 aromatic carbocycles. The molecule has 0 aliphatic rings. The van der Waals surface area contributed by atoms with Crippen LogP contribution in [0, 0.1) is 0 Å². The number of pyridine rings is 1. The second kappa shape index (κ2) is 5.76. The molecule has 0 aliphatic carbocycles. The van der Waals surface area contributed by atoms with E-state index in [9.17, 15) is 5.11 Å². The highest BCUT2D eigenvalue weighted by atomic mass is 32.2. The van der Waals surface area contributed by atoms with Crippen LogP contribution in [-0.2, 0) is 12.0 Å². The summed E-state index contributed by atoms with van der Waals surface area (Å²) in [4.78, 5) is 5.46. The van der Waals surface area contributed by atoms with E-state index >= 15 is 0 Å². The molecule has 0 unspecified atom stereocenters. The molecule has 3 heteroatoms. The maximum Gasteiger partial charge on any atom is 0.106 e. The summed E-state index contributed by atoms with van der Waals surface area (Å²) in [6.45, 7) is 6.64. The standard InChI is InChI=1S/C16H19NOS/c1-16(2,3)13-6-8-14(9-7-13)19-15-12(11-18)5-4-10-17-15/h4-10,18H,11H2,1-3H3. The maximum atomic E-state index is 9.29. The van der Waals surface area contributed by atoms with Crippen molar-refractivity contribution in [3.8, 4) is 0 Å². The van der Waals surface area contributed by atoms with Gasteiger partial charge in [-0.2, -0.15) is 0 Å². The van der Waals surface area contributed by atoms with Crippen molar-refractivity contribution in [3.63, 3.8) is 0 Å². The van der Waals surface area contributed by atoms with Crippen LogP contribution in [0.3, 0.4) is 0 Å². The SMILES string of the molecule is CC(C)(C)c1ccc(Sc2ncccc2CO)cc1. The molecule has 19 heavy (non-hydrogen) atoms. The molecule has 1 heterocycles. The first kappa shape index (κ1) is 14.1. The van der Waals surface area contributed by atoms with Gasteiger partial charge in [0, 0.05) is 16.7 Å². The summed E-state index contributed by atoms with van der Waals surface area (Å²) in [5, 5.41) is 10.2. The van der Waals surface area contributed by atoms with Crippen LogP contribution in [0.4, 0.5) is 0 Å². The molecule has 1 N–H and O–H groups in total. The van der Waals surface area contributed by atoms with E-state index in [2.05, 4.69) is 50.0 Å². The lowest BCUT2D eigenvalue weighted by molar-refractivity contribution is 0.278. The molecule has 0 fully saturated rings. The molecule has 2 nitrogen and oxygen atoms in total. The van der Waals surface area contributed by atoms with Crippen molar-refractivity contribution in [2.45, 2.75) is 42.7 Å². The van der Waals surface area contributed by atoms with Crippen LogP contribution in [0.1, 0.15) is 31.9 Å². The van der Waals surface area contributed by atoms with E-state index in [4.69, 9.17) is 0 Å². The Kier molecular flexibility index (Phi) is 4.27. The smallest absolute Gasteiger partial charge is 0.106 e. The number of hydrogen-bond donors (Lipinski definition) is 1. The fourth-order valence-corrected chi connectivity index (χ4v) is 2.64. The van der Waals surface area contributed by atoms with E-state index < -0.39 is 0 Å². The summed E-state index contributed by atoms with van der Waals surface area (Å²) < 4.78 is 0. The molecular weight excluding hydrogens is 254 g/mol. The van der Waals surface area contributed by atoms with Gasteiger partial charge in [-0.3, -0.25) is 0 Å². The topological polar surface area (TPSA) is 33.1 Å². The third-order valence-corrected chi connectivity index (χ3v) is 4.02. The minimum absolute atomic E-state index is 0.0241. The molecule has 0 aliphatic heterocycles. The van der Waals surface area contributed by atoms with Crippen LogP contribution in [0.5, 0.6) is 0 Å². The van der Waals surface area contributed by atoms with Gasteiger partial charge in [0.2, 0.25) is 0 Å². The average molecular weight is 273 g/mol. The zero-order valence-electron chi connectivity index (χ0n) is 11.6. The summed E-state index contributed by atoms with van der Waals surface area (Å²) in [5.74, 6) is 0. The Morgan fingerprint density at radius 3 is 2.37 bits per heavy atom. The van der Waals surface area contributed by atoms with Gasteiger partial charge in [0.25, 0.3) is 0 Å². The minimum atomic E-state index is 0.0241. The first-order chi connectivity index (χ1) is 9.00. The molecule has 0 radical (unpaired) electrons. The Labute approximate surface area is 118 Å². The summed E-state index contributed by atoms with van der Waals surface area (Å²) in [7, 11) is 0. The van der Waals surface area contributed by atoms with Gasteiger partial charge in [0.15, 0.2) is 0 Å². The molecule has 0 saturated heterocycles. The Hall–Kier alpha value is -1.32. The maximum absolute atomic E-state index is 9.29. The lowest BCUT2D eigenvalue weighted by atomic mass is 9.87. The molecule has 2 aromatic rings. The summed E-state index contributed by atoms with van der Waals surface area (Å²) in [6, 6.07) is 12.3. The van der Waals surface area contributed by atoms with Crippen LogP contribution < -0.4 is 0 Å². The van der Waals surface area contributed by atoms with Crippen molar-refractivity contribution in [1.29, 1.82) is 0 Å². The van der Waals surface area contributed by atoms with Gasteiger partial charge in [-0.1, -0.05) is 50.7 Å². The minimum Gasteiger partial charge on any atom is -0.392 e. The van der Waals surface area contributed by atoms with Gasteiger partial charge in [-0.25, -0.2) is 4.98 Å². The number of rotatable bonds is 3. The van der Waals surface area contributed by atoms with Gasteiger partial charge in [0.1, 0.15) is 5.03 Å². The van der Waals surface area contributed by atoms with Crippen LogP contribution in [0.15, 0.2) is 52.5 Å². The van der Waals surface area contributed by atoms with E-state index in [-0.39, 0.29) is 12.0 Å². The number of benzene rings is 1. The lowest BCUT2D eigenvalue weighted by Crippen LogP contribution is -2.10. The van der Waals surface area contributed by atoms with Gasteiger partial charge in [-0.15, -0.1) is 0 Å². The van der Waals surface area contributed by atoms with Crippen LogP contribution in [0.2, 0.25) is 0 Å². The van der Waals surface area contributed by atoms with E-state index in [0.29, 0.717) is 0 Å². The second-order valence-electron chi connectivity index (χ2n) is 5.50. The summed E-state index contributed by atoms with van der Waals surface area (Å²) in [5.41, 5.74) is 2.36. The van der Waals surface area contributed by atoms with E-state index in [1.807, 2.05) is 12.1 Å². The third kappa shape index (κ3) is 3.58. The van der Waals surface area contributed by atoms with Crippen molar-refractivity contribution in [1.82, 2.24) is 4.98 Å². The summed E-state index contributed by atoms with van der Waals surface area (Å²) >= 11 is 1.59. The lowest BCUT2D eigenvalue weighted by Gasteiger charge is -2.19. The van der Waals surface area contributed by atoms with Gasteiger partial charge < -0.3 is 5.11 Å². The van der Waals surface area contributed by atoms with Gasteiger partial charge in [0.05, 0.1) is 6.61 Å². The third-order valence-electron chi connectivity index (χ3n) is 2.96. The van der Waals surface area contributed by atoms with Crippen molar-refractivity contribution in [2.75, 3.05) is 0 Å². The van der Waals surface area contributed by atoms with Crippen molar-refractivity contribution < 1.29 is 5.11 Å². The molecule has 0 amide bonds. The molecule has 2 rings (SSSR count). The van der Waals surface area contributed by atoms with Crippen molar-refractivity contribution in [3.05, 3.63) is 53.7 Å². The zero-order chi connectivity index (χ0) is 13.9. The molecular formula is C16H19NOS. The number of aliphatic hydroxyl groups is 1. The fourth-order valence-electron chi connectivity index (χ4n) is 1.77. The van der Waals surface area contributed by atoms with Gasteiger partial charge in [-0.05, 0) is 29.2 Å². The van der Waals surface area contributed by atoms with E-state index in [1.165, 1.54) is 5.56 Å². The Morgan fingerprint density at radius 1 is 1.11 bits per heavy atom. The van der Waals surface area contributed by atoms with E-state index in [0.717, 1.165) is 15.5 Å². The van der Waals surface area contributed by atoms with Crippen LogP contribution >= 0.6 is 11.8 Å². The molecule has 1 aromatic heterocycles. The molecule has 100 valence electrons. The highest BCUT2D eigenvalue weighted by molar-refractivity contribution is 7.99. The van der Waals surface area contributed by atoms with Crippen LogP contribution in [-0.4, -0.2) is 10.1 Å². The van der Waals surface area contributed by atoms with Crippen LogP contribution in [0.25, 0.3) is 0 Å². The largest absolute Gasteiger partial charge is 0.392 e. The Balaban J connectivity index is 2.20. The molecule has 0 spiro atoms. The highest BCUT2D eigenvalue weighted by Crippen LogP contribution is 2.30. The molecule has 0 atom stereocenters. The Bertz CT molecular complexity index is 543. The number of nitrogens with zero attached hydrogens (tertiary/aromatic N) is 1. The molecule has 0 saturated carbocycles. The monoisotopic (exact) mass is 273 g/mol. The summed E-state index contributed by atoms with van der Waals surface area (Å²) in [6.07, 6.45) is 1.75.